The maximum Gasteiger partial charge on any atom is 0.243 e. The van der Waals surface area contributed by atoms with E-state index in [4.69, 9.17) is 0 Å². The summed E-state index contributed by atoms with van der Waals surface area (Å²) in [4.78, 5) is 0. The predicted octanol–water partition coefficient (Wildman–Crippen LogP) is 0.194. The summed E-state index contributed by atoms with van der Waals surface area (Å²) in [5.74, 6) is 0. The van der Waals surface area contributed by atoms with Crippen LogP contribution in [0.2, 0.25) is 0 Å². The second-order valence-electron chi connectivity index (χ2n) is 4.08. The molecule has 0 saturated carbocycles. The maximum atomic E-state index is 2.26. The van der Waals surface area contributed by atoms with E-state index in [1.807, 2.05) is 0 Å². The van der Waals surface area contributed by atoms with Gasteiger partial charge in [0.1, 0.15) is 12.4 Å². The zero-order valence-corrected chi connectivity index (χ0v) is 14.0. The first-order valence-electron chi connectivity index (χ1n) is 5.84. The Morgan fingerprint density at radius 1 is 0.895 bits per heavy atom. The van der Waals surface area contributed by atoms with Crippen molar-refractivity contribution in [2.24, 2.45) is 7.05 Å². The third-order valence-corrected chi connectivity index (χ3v) is 2.59. The van der Waals surface area contributed by atoms with E-state index >= 15 is 0 Å². The van der Waals surface area contributed by atoms with Crippen LogP contribution in [-0.2, 0) is 47.7 Å². The van der Waals surface area contributed by atoms with Gasteiger partial charge in [0, 0.05) is 34.1 Å². The van der Waals surface area contributed by atoms with Crippen molar-refractivity contribution in [1.82, 2.24) is 4.57 Å². The quantitative estimate of drug-likeness (QED) is 0.376. The molecule has 1 aromatic heterocycles. The molecule has 0 spiro atoms. The zero-order valence-electron chi connectivity index (χ0n) is 11.8. The zero-order chi connectivity index (χ0) is 10.2. The van der Waals surface area contributed by atoms with E-state index in [-0.39, 0.29) is 50.6 Å². The Morgan fingerprint density at radius 3 is 1.89 bits per heavy atom. The fourth-order valence-electron chi connectivity index (χ4n) is 1.71. The number of unbranched alkanes of at least 4 members (excludes halogenated alkanes) is 5. The molecule has 6 N–H and O–H groups in total. The largest absolute Gasteiger partial charge is 0.412 e. The summed E-state index contributed by atoms with van der Waals surface area (Å²) in [6, 6.07) is 0. The van der Waals surface area contributed by atoms with Crippen molar-refractivity contribution < 1.29 is 55.1 Å². The second-order valence-corrected chi connectivity index (χ2v) is 4.08. The van der Waals surface area contributed by atoms with Crippen molar-refractivity contribution in [3.05, 3.63) is 18.7 Å². The van der Waals surface area contributed by atoms with Gasteiger partial charge in [0.05, 0.1) is 13.6 Å². The second kappa shape index (κ2) is 20.4. The van der Waals surface area contributed by atoms with Gasteiger partial charge < -0.3 is 16.4 Å². The number of aryl methyl sites for hydroxylation is 2. The van der Waals surface area contributed by atoms with Crippen LogP contribution in [0.25, 0.3) is 0 Å². The molecule has 0 aliphatic carbocycles. The third kappa shape index (κ3) is 16.1. The molecule has 0 unspecified atom stereocenters. The molecular formula is C12H29Fe2N2O3+. The smallest absolute Gasteiger partial charge is 0.243 e. The SMILES string of the molecule is CCCCCCCCn1cc[n+](C)c1.O.O.O.[Fe].[Fe]. The summed E-state index contributed by atoms with van der Waals surface area (Å²) >= 11 is 0. The summed E-state index contributed by atoms with van der Waals surface area (Å²) in [6.45, 7) is 3.44. The summed E-state index contributed by atoms with van der Waals surface area (Å²) in [5.41, 5.74) is 0. The predicted molar refractivity (Wildman–Crippen MR) is 69.8 cm³/mol. The van der Waals surface area contributed by atoms with Gasteiger partial charge >= 0.3 is 0 Å². The van der Waals surface area contributed by atoms with Crippen LogP contribution in [0, 0.1) is 0 Å². The maximum absolute atomic E-state index is 2.26. The monoisotopic (exact) mass is 361 g/mol. The first kappa shape index (κ1) is 31.5. The molecular weight excluding hydrogens is 332 g/mol. The molecule has 1 aromatic rings. The number of nitrogens with zero attached hydrogens (tertiary/aromatic N) is 2. The molecule has 7 heteroatoms. The average Bonchev–Trinajstić information content (AvgIpc) is 2.58. The molecule has 0 amide bonds. The summed E-state index contributed by atoms with van der Waals surface area (Å²) < 4.78 is 4.36. The fourth-order valence-corrected chi connectivity index (χ4v) is 1.71. The van der Waals surface area contributed by atoms with E-state index in [1.165, 1.54) is 45.1 Å². The van der Waals surface area contributed by atoms with E-state index < -0.39 is 0 Å². The van der Waals surface area contributed by atoms with Gasteiger partial charge in [-0.2, -0.15) is 0 Å². The van der Waals surface area contributed by atoms with E-state index in [0.29, 0.717) is 0 Å². The van der Waals surface area contributed by atoms with Crippen molar-refractivity contribution >= 4 is 0 Å². The minimum absolute atomic E-state index is 0. The molecule has 1 rings (SSSR count). The van der Waals surface area contributed by atoms with Crippen LogP contribution in [0.4, 0.5) is 0 Å². The van der Waals surface area contributed by atoms with Crippen LogP contribution < -0.4 is 4.57 Å². The standard InChI is InChI=1S/C12H23N2.2Fe.3H2O/c1-3-4-5-6-7-8-9-14-11-10-13(2)12-14;;;;;/h10-12H,3-9H2,1-2H3;;;3*1H2/q+1;;;;;. The Morgan fingerprint density at radius 2 is 1.42 bits per heavy atom. The first-order valence-corrected chi connectivity index (χ1v) is 5.84. The number of rotatable bonds is 7. The summed E-state index contributed by atoms with van der Waals surface area (Å²) in [7, 11) is 2.07. The molecule has 0 atom stereocenters. The van der Waals surface area contributed by atoms with Gasteiger partial charge in [0.15, 0.2) is 0 Å². The molecule has 0 aromatic carbocycles. The molecule has 0 aliphatic rings. The number of hydrogen-bond donors (Lipinski definition) is 0. The summed E-state index contributed by atoms with van der Waals surface area (Å²) in [6.07, 6.45) is 14.6. The molecule has 0 fully saturated rings. The molecule has 5 nitrogen and oxygen atoms in total. The Balaban J connectivity index is -0.000000131. The minimum Gasteiger partial charge on any atom is -0.412 e. The van der Waals surface area contributed by atoms with Gasteiger partial charge in [-0.25, -0.2) is 9.13 Å². The van der Waals surface area contributed by atoms with Crippen LogP contribution in [0.5, 0.6) is 0 Å². The molecule has 120 valence electrons. The van der Waals surface area contributed by atoms with Crippen LogP contribution in [0.1, 0.15) is 45.4 Å². The van der Waals surface area contributed by atoms with Gasteiger partial charge in [-0.3, -0.25) is 0 Å². The van der Waals surface area contributed by atoms with Gasteiger partial charge in [-0.15, -0.1) is 0 Å². The fraction of sp³-hybridized carbons (Fsp3) is 0.750. The van der Waals surface area contributed by atoms with Crippen LogP contribution in [-0.4, -0.2) is 21.0 Å². The van der Waals surface area contributed by atoms with Crippen LogP contribution >= 0.6 is 0 Å². The van der Waals surface area contributed by atoms with E-state index in [0.717, 1.165) is 0 Å². The third-order valence-electron chi connectivity index (χ3n) is 2.59. The van der Waals surface area contributed by atoms with E-state index in [9.17, 15) is 0 Å². The van der Waals surface area contributed by atoms with Gasteiger partial charge in [-0.05, 0) is 12.8 Å². The topological polar surface area (TPSA) is 103 Å². The minimum atomic E-state index is 0. The molecule has 0 aliphatic heterocycles. The average molecular weight is 361 g/mol. The first-order chi connectivity index (χ1) is 6.83. The molecule has 0 bridgehead atoms. The molecule has 19 heavy (non-hydrogen) atoms. The van der Waals surface area contributed by atoms with E-state index in [1.54, 1.807) is 0 Å². The Kier molecular flexibility index (Phi) is 33.9. The molecule has 0 saturated heterocycles. The van der Waals surface area contributed by atoms with Crippen LogP contribution in [0.15, 0.2) is 18.7 Å². The van der Waals surface area contributed by atoms with Gasteiger partial charge in [-0.1, -0.05) is 32.6 Å². The van der Waals surface area contributed by atoms with Crippen molar-refractivity contribution in [1.29, 1.82) is 0 Å². The van der Waals surface area contributed by atoms with Crippen LogP contribution in [0.3, 0.4) is 0 Å². The van der Waals surface area contributed by atoms with E-state index in [2.05, 4.69) is 41.8 Å². The number of aromatic nitrogens is 2. The molecule has 1 heterocycles. The van der Waals surface area contributed by atoms with Crippen molar-refractivity contribution in [2.75, 3.05) is 0 Å². The van der Waals surface area contributed by atoms with Gasteiger partial charge in [0.25, 0.3) is 0 Å². The summed E-state index contributed by atoms with van der Waals surface area (Å²) in [5, 5.41) is 0. The Labute approximate surface area is 137 Å². The Bertz CT molecular complexity index is 261. The molecule has 0 radical (unpaired) electrons. The van der Waals surface area contributed by atoms with Gasteiger partial charge in [0.2, 0.25) is 6.33 Å². The van der Waals surface area contributed by atoms with Crippen molar-refractivity contribution in [3.63, 3.8) is 0 Å². The van der Waals surface area contributed by atoms with Crippen molar-refractivity contribution in [2.45, 2.75) is 52.0 Å². The van der Waals surface area contributed by atoms with Crippen molar-refractivity contribution in [3.8, 4) is 0 Å². The Hall–Kier alpha value is 0.129. The number of imidazole rings is 1. The number of hydrogen-bond acceptors (Lipinski definition) is 0. The normalized spacial score (nSPS) is 7.89.